The molecular weight excluding hydrogens is 791 g/mol. The number of halogens is 2. The molecule has 4 nitrogen and oxygen atoms in total. The second-order valence-electron chi connectivity index (χ2n) is 15.9. The molecule has 0 bridgehead atoms. The van der Waals surface area contributed by atoms with E-state index in [2.05, 4.69) is 24.3 Å². The van der Waals surface area contributed by atoms with E-state index in [1.807, 2.05) is 72.8 Å². The summed E-state index contributed by atoms with van der Waals surface area (Å²) >= 11 is 0. The van der Waals surface area contributed by atoms with Crippen molar-refractivity contribution in [3.63, 3.8) is 0 Å². The van der Waals surface area contributed by atoms with Crippen molar-refractivity contribution in [1.82, 2.24) is 0 Å². The topological polar surface area (TPSA) is 60.4 Å². The molecule has 304 valence electrons. The van der Waals surface area contributed by atoms with Crippen LogP contribution < -0.4 is 0 Å². The van der Waals surface area contributed by atoms with Crippen molar-refractivity contribution in [1.29, 1.82) is 0 Å². The highest BCUT2D eigenvalue weighted by Crippen LogP contribution is 2.43. The van der Waals surface area contributed by atoms with E-state index < -0.39 is 21.6 Å². The first-order valence-electron chi connectivity index (χ1n) is 21.0. The van der Waals surface area contributed by atoms with Crippen LogP contribution in [0.4, 0.5) is 8.78 Å². The third-order valence-corrected chi connectivity index (χ3v) is 14.9. The van der Waals surface area contributed by atoms with Crippen LogP contribution in [0.5, 0.6) is 0 Å². The first kappa shape index (κ1) is 40.0. The van der Waals surface area contributed by atoms with Gasteiger partial charge in [-0.05, 0) is 146 Å². The molecule has 2 aromatic heterocycles. The number of hydrogen-bond donors (Lipinski definition) is 0. The Labute approximate surface area is 354 Å². The van der Waals surface area contributed by atoms with Crippen LogP contribution in [-0.4, -0.2) is 8.42 Å². The van der Waals surface area contributed by atoms with Gasteiger partial charge in [-0.1, -0.05) is 87.1 Å². The van der Waals surface area contributed by atoms with Crippen LogP contribution in [-0.2, 0) is 21.6 Å². The monoisotopic (exact) mass is 836 g/mol. The van der Waals surface area contributed by atoms with Gasteiger partial charge in [0.2, 0.25) is 0 Å². The second-order valence-corrected chi connectivity index (χ2v) is 18.7. The van der Waals surface area contributed by atoms with Gasteiger partial charge >= 0.3 is 0 Å². The molecule has 8 heteroatoms. The zero-order valence-corrected chi connectivity index (χ0v) is 34.9. The van der Waals surface area contributed by atoms with Crippen LogP contribution in [0.25, 0.3) is 44.6 Å². The largest absolute Gasteiger partial charge is 0.455 e. The molecule has 2 atom stereocenters. The molecule has 10 rings (SSSR count). The molecule has 2 aliphatic carbocycles. The molecule has 8 aromatic rings. The van der Waals surface area contributed by atoms with Crippen molar-refractivity contribution < 1.29 is 26.0 Å². The Morgan fingerprint density at radius 3 is 1.17 bits per heavy atom. The quantitative estimate of drug-likeness (QED) is 0.153. The van der Waals surface area contributed by atoms with Gasteiger partial charge in [0, 0.05) is 31.7 Å². The maximum Gasteiger partial charge on any atom is 0.151 e. The van der Waals surface area contributed by atoms with E-state index in [0.717, 1.165) is 31.7 Å². The second kappa shape index (κ2) is 18.0. The summed E-state index contributed by atoms with van der Waals surface area (Å²) in [7, 11) is -2.82. The van der Waals surface area contributed by atoms with Gasteiger partial charge in [0.25, 0.3) is 0 Å². The van der Waals surface area contributed by atoms with Crippen LogP contribution in [0, 0.1) is 11.6 Å². The minimum atomic E-state index is -1.41. The van der Waals surface area contributed by atoms with Gasteiger partial charge in [-0.2, -0.15) is 0 Å². The number of hydrogen-bond acceptors (Lipinski definition) is 4. The Kier molecular flexibility index (Phi) is 12.0. The molecule has 0 N–H and O–H groups in total. The number of furan rings is 2. The van der Waals surface area contributed by atoms with Crippen LogP contribution in [0.2, 0.25) is 0 Å². The fraction of sp³-hybridized carbons (Fsp3) is 0.231. The Morgan fingerprint density at radius 2 is 0.800 bits per heavy atom. The molecule has 2 saturated carbocycles. The summed E-state index contributed by atoms with van der Waals surface area (Å²) in [4.78, 5) is 2.79. The minimum absolute atomic E-state index is 0.305. The van der Waals surface area contributed by atoms with Crippen LogP contribution in [0.15, 0.2) is 174 Å². The summed E-state index contributed by atoms with van der Waals surface area (Å²) in [5.41, 5.74) is 5.47. The zero-order chi connectivity index (χ0) is 41.0. The molecule has 2 heterocycles. The molecule has 0 saturated heterocycles. The number of fused-ring (bicyclic) bond motifs is 2. The van der Waals surface area contributed by atoms with E-state index in [0.29, 0.717) is 44.3 Å². The lowest BCUT2D eigenvalue weighted by Crippen LogP contribution is -2.04. The molecule has 0 amide bonds. The normalized spacial score (nSPS) is 16.0. The van der Waals surface area contributed by atoms with Gasteiger partial charge < -0.3 is 8.83 Å². The highest BCUT2D eigenvalue weighted by Gasteiger charge is 2.26. The van der Waals surface area contributed by atoms with Gasteiger partial charge in [-0.15, -0.1) is 0 Å². The first-order chi connectivity index (χ1) is 29.4. The van der Waals surface area contributed by atoms with Crippen molar-refractivity contribution in [2.24, 2.45) is 0 Å². The minimum Gasteiger partial charge on any atom is -0.455 e. The first-order valence-corrected chi connectivity index (χ1v) is 23.3. The van der Waals surface area contributed by atoms with E-state index in [9.17, 15) is 17.2 Å². The predicted molar refractivity (Wildman–Crippen MR) is 237 cm³/mol. The molecule has 0 spiro atoms. The van der Waals surface area contributed by atoms with Crippen molar-refractivity contribution in [3.05, 3.63) is 168 Å². The number of rotatable bonds is 8. The summed E-state index contributed by atoms with van der Waals surface area (Å²) in [5, 5.41) is 1.78. The van der Waals surface area contributed by atoms with Crippen LogP contribution in [0.3, 0.4) is 0 Å². The summed E-state index contributed by atoms with van der Waals surface area (Å²) < 4.78 is 66.7. The molecular formula is C52H46F2O4S2. The molecule has 6 aromatic carbocycles. The standard InChI is InChI=1S/2C26H23FO2S/c2*27-21-14-11-19(12-15-21)25-26(30(28)22-9-5-2-6-10-22)23-17-20(13-16-24(23)29-25)18-7-3-1-4-8-18/h2*2,5-6,9-18H,1,3-4,7-8H2/t2*30-/m10/s1. The number of benzene rings is 6. The molecule has 0 unspecified atom stereocenters. The van der Waals surface area contributed by atoms with Crippen LogP contribution in [0.1, 0.15) is 87.2 Å². The van der Waals surface area contributed by atoms with Crippen molar-refractivity contribution in [2.45, 2.75) is 95.6 Å². The van der Waals surface area contributed by atoms with E-state index in [1.165, 1.54) is 99.6 Å². The van der Waals surface area contributed by atoms with Gasteiger partial charge in [-0.25, -0.2) is 17.2 Å². The fourth-order valence-electron chi connectivity index (χ4n) is 8.84. The Hall–Kier alpha value is -5.44. The summed E-state index contributed by atoms with van der Waals surface area (Å²) in [6.07, 6.45) is 12.5. The Balaban J connectivity index is 0.000000154. The third-order valence-electron chi connectivity index (χ3n) is 12.0. The van der Waals surface area contributed by atoms with Crippen molar-refractivity contribution in [3.8, 4) is 22.6 Å². The molecule has 0 aliphatic heterocycles. The van der Waals surface area contributed by atoms with Gasteiger partial charge in [0.1, 0.15) is 22.8 Å². The Bertz CT molecular complexity index is 2570. The lowest BCUT2D eigenvalue weighted by Gasteiger charge is -2.21. The fourth-order valence-corrected chi connectivity index (χ4v) is 11.5. The average Bonchev–Trinajstić information content (AvgIpc) is 3.89. The summed E-state index contributed by atoms with van der Waals surface area (Å²) in [6, 6.07) is 43.8. The summed E-state index contributed by atoms with van der Waals surface area (Å²) in [5.74, 6) is 1.58. The molecule has 60 heavy (non-hydrogen) atoms. The summed E-state index contributed by atoms with van der Waals surface area (Å²) in [6.45, 7) is 0. The smallest absolute Gasteiger partial charge is 0.151 e. The zero-order valence-electron chi connectivity index (χ0n) is 33.3. The highest BCUT2D eigenvalue weighted by molar-refractivity contribution is 7.85. The van der Waals surface area contributed by atoms with Gasteiger partial charge in [0.05, 0.1) is 31.4 Å². The highest BCUT2D eigenvalue weighted by atomic mass is 32.2. The lowest BCUT2D eigenvalue weighted by molar-refractivity contribution is 0.444. The van der Waals surface area contributed by atoms with Crippen molar-refractivity contribution in [2.75, 3.05) is 0 Å². The van der Waals surface area contributed by atoms with Gasteiger partial charge in [-0.3, -0.25) is 0 Å². The lowest BCUT2D eigenvalue weighted by atomic mass is 9.84. The molecule has 0 radical (unpaired) electrons. The van der Waals surface area contributed by atoms with E-state index in [4.69, 9.17) is 8.83 Å². The maximum atomic E-state index is 13.6. The molecule has 2 aliphatic rings. The van der Waals surface area contributed by atoms with Gasteiger partial charge in [0.15, 0.2) is 11.5 Å². The van der Waals surface area contributed by atoms with E-state index >= 15 is 0 Å². The van der Waals surface area contributed by atoms with Crippen LogP contribution >= 0.6 is 0 Å². The third kappa shape index (κ3) is 8.45. The van der Waals surface area contributed by atoms with E-state index in [-0.39, 0.29) is 11.6 Å². The average molecular weight is 837 g/mol. The van der Waals surface area contributed by atoms with Crippen molar-refractivity contribution >= 4 is 43.5 Å². The SMILES string of the molecule is O=[S@@](c1ccccc1)c1c(-c2ccc(F)cc2)oc2ccc(C3CCCCC3)cc12.O=[S@](c1ccccc1)c1c(-c2ccc(F)cc2)oc2ccc(C3CCCCC3)cc12. The van der Waals surface area contributed by atoms with E-state index in [1.54, 1.807) is 24.3 Å². The predicted octanol–water partition coefficient (Wildman–Crippen LogP) is 14.9. The Morgan fingerprint density at radius 1 is 0.433 bits per heavy atom. The molecule has 2 fully saturated rings. The maximum absolute atomic E-state index is 13.6.